The van der Waals surface area contributed by atoms with E-state index in [1.165, 1.54) is 11.8 Å². The van der Waals surface area contributed by atoms with Gasteiger partial charge in [0.2, 0.25) is 11.1 Å². The largest absolute Gasteiger partial charge is 0.325 e. The van der Waals surface area contributed by atoms with Crippen molar-refractivity contribution in [3.05, 3.63) is 58.6 Å². The van der Waals surface area contributed by atoms with Gasteiger partial charge in [-0.2, -0.15) is 4.68 Å². The molecule has 128 valence electrons. The molecule has 1 N–H and O–H groups in total. The number of benzene rings is 2. The van der Waals surface area contributed by atoms with Crippen molar-refractivity contribution in [1.82, 2.24) is 20.2 Å². The van der Waals surface area contributed by atoms with E-state index in [1.54, 1.807) is 28.9 Å². The van der Waals surface area contributed by atoms with Gasteiger partial charge in [-0.15, -0.1) is 5.10 Å². The number of anilines is 1. The standard InChI is InChI=1S/C16H13Cl2N5OS/c17-11-5-7-12(8-6-11)23-16(20-21-22-23)25-10-9-15(24)19-14-4-2-1-3-13(14)18/h1-8H,9-10H2,(H,19,24). The highest BCUT2D eigenvalue weighted by Crippen LogP contribution is 2.22. The third-order valence-electron chi connectivity index (χ3n) is 3.22. The molecule has 0 radical (unpaired) electrons. The van der Waals surface area contributed by atoms with Crippen LogP contribution in [0.25, 0.3) is 5.69 Å². The van der Waals surface area contributed by atoms with Crippen LogP contribution in [0.15, 0.2) is 53.7 Å². The highest BCUT2D eigenvalue weighted by atomic mass is 35.5. The van der Waals surface area contributed by atoms with Gasteiger partial charge in [0.25, 0.3) is 0 Å². The molecule has 0 saturated heterocycles. The Kier molecular flexibility index (Phi) is 5.91. The second-order valence-electron chi connectivity index (χ2n) is 4.98. The van der Waals surface area contributed by atoms with Crippen LogP contribution < -0.4 is 5.32 Å². The van der Waals surface area contributed by atoms with Crippen molar-refractivity contribution in [2.24, 2.45) is 0 Å². The van der Waals surface area contributed by atoms with Crippen molar-refractivity contribution in [3.63, 3.8) is 0 Å². The quantitative estimate of drug-likeness (QED) is 0.638. The third-order valence-corrected chi connectivity index (χ3v) is 4.72. The van der Waals surface area contributed by atoms with E-state index >= 15 is 0 Å². The molecular formula is C16H13Cl2N5OS. The van der Waals surface area contributed by atoms with Crippen LogP contribution in [0.2, 0.25) is 10.0 Å². The number of hydrogen-bond acceptors (Lipinski definition) is 5. The van der Waals surface area contributed by atoms with Gasteiger partial charge in [-0.1, -0.05) is 47.1 Å². The fourth-order valence-corrected chi connectivity index (χ4v) is 3.16. The zero-order chi connectivity index (χ0) is 17.6. The van der Waals surface area contributed by atoms with Crippen LogP contribution in [0.1, 0.15) is 6.42 Å². The smallest absolute Gasteiger partial charge is 0.225 e. The van der Waals surface area contributed by atoms with Gasteiger partial charge in [0.15, 0.2) is 0 Å². The highest BCUT2D eigenvalue weighted by Gasteiger charge is 2.11. The van der Waals surface area contributed by atoms with Gasteiger partial charge in [-0.3, -0.25) is 4.79 Å². The van der Waals surface area contributed by atoms with Crippen LogP contribution in [0, 0.1) is 0 Å². The minimum Gasteiger partial charge on any atom is -0.325 e. The van der Waals surface area contributed by atoms with Crippen molar-refractivity contribution in [2.75, 3.05) is 11.1 Å². The van der Waals surface area contributed by atoms with Crippen molar-refractivity contribution < 1.29 is 4.79 Å². The van der Waals surface area contributed by atoms with Crippen molar-refractivity contribution in [3.8, 4) is 5.69 Å². The first-order valence-corrected chi connectivity index (χ1v) is 9.09. The number of amides is 1. The Labute approximate surface area is 158 Å². The minimum atomic E-state index is -0.119. The average Bonchev–Trinajstić information content (AvgIpc) is 3.06. The molecular weight excluding hydrogens is 381 g/mol. The molecule has 0 unspecified atom stereocenters. The predicted molar refractivity (Wildman–Crippen MR) is 99.6 cm³/mol. The molecule has 0 bridgehead atoms. The lowest BCUT2D eigenvalue weighted by atomic mass is 10.3. The summed E-state index contributed by atoms with van der Waals surface area (Å²) in [5.41, 5.74) is 1.41. The maximum Gasteiger partial charge on any atom is 0.225 e. The summed E-state index contributed by atoms with van der Waals surface area (Å²) in [7, 11) is 0. The second-order valence-corrected chi connectivity index (χ2v) is 6.88. The molecule has 1 aromatic heterocycles. The molecule has 0 fully saturated rings. The SMILES string of the molecule is O=C(CCSc1nnnn1-c1ccc(Cl)cc1)Nc1ccccc1Cl. The maximum absolute atomic E-state index is 12.0. The summed E-state index contributed by atoms with van der Waals surface area (Å²) in [5, 5.41) is 16.2. The lowest BCUT2D eigenvalue weighted by Gasteiger charge is -2.07. The van der Waals surface area contributed by atoms with Crippen molar-refractivity contribution >= 4 is 46.6 Å². The van der Waals surface area contributed by atoms with Crippen LogP contribution in [-0.4, -0.2) is 31.9 Å². The first-order chi connectivity index (χ1) is 12.1. The summed E-state index contributed by atoms with van der Waals surface area (Å²) < 4.78 is 1.60. The Morgan fingerprint density at radius 3 is 2.64 bits per heavy atom. The average molecular weight is 394 g/mol. The molecule has 3 rings (SSSR count). The number of nitrogens with zero attached hydrogens (tertiary/aromatic N) is 4. The van der Waals surface area contributed by atoms with E-state index in [0.29, 0.717) is 33.1 Å². The summed E-state index contributed by atoms with van der Waals surface area (Å²) >= 11 is 13.3. The number of thioether (sulfide) groups is 1. The molecule has 0 aliphatic carbocycles. The predicted octanol–water partition coefficient (Wildman–Crippen LogP) is 4.09. The molecule has 0 atom stereocenters. The number of hydrogen-bond donors (Lipinski definition) is 1. The van der Waals surface area contributed by atoms with E-state index in [0.717, 1.165) is 5.69 Å². The summed E-state index contributed by atoms with van der Waals surface area (Å²) in [5.74, 6) is 0.413. The molecule has 1 amide bonds. The number of tetrazole rings is 1. The van der Waals surface area contributed by atoms with Crippen LogP contribution in [0.4, 0.5) is 5.69 Å². The summed E-state index contributed by atoms with van der Waals surface area (Å²) in [4.78, 5) is 12.0. The topological polar surface area (TPSA) is 72.7 Å². The van der Waals surface area contributed by atoms with E-state index in [2.05, 4.69) is 20.8 Å². The Morgan fingerprint density at radius 1 is 1.12 bits per heavy atom. The molecule has 9 heteroatoms. The Balaban J connectivity index is 1.56. The lowest BCUT2D eigenvalue weighted by molar-refractivity contribution is -0.115. The fraction of sp³-hybridized carbons (Fsp3) is 0.125. The molecule has 25 heavy (non-hydrogen) atoms. The number of para-hydroxylation sites is 1. The van der Waals surface area contributed by atoms with Crippen molar-refractivity contribution in [2.45, 2.75) is 11.6 Å². The fourth-order valence-electron chi connectivity index (χ4n) is 2.02. The summed E-state index contributed by atoms with van der Waals surface area (Å²) in [6, 6.07) is 14.3. The lowest BCUT2D eigenvalue weighted by Crippen LogP contribution is -2.12. The Morgan fingerprint density at radius 2 is 1.88 bits per heavy atom. The van der Waals surface area contributed by atoms with Gasteiger partial charge in [-0.05, 0) is 46.8 Å². The van der Waals surface area contributed by atoms with E-state index in [9.17, 15) is 4.79 Å². The molecule has 0 saturated carbocycles. The number of aromatic nitrogens is 4. The molecule has 2 aromatic carbocycles. The second kappa shape index (κ2) is 8.33. The molecule has 0 spiro atoms. The third kappa shape index (κ3) is 4.72. The number of nitrogens with one attached hydrogen (secondary N) is 1. The molecule has 1 heterocycles. The molecule has 6 nitrogen and oxygen atoms in total. The van der Waals surface area contributed by atoms with Gasteiger partial charge < -0.3 is 5.32 Å². The molecule has 0 aliphatic rings. The summed E-state index contributed by atoms with van der Waals surface area (Å²) in [6.45, 7) is 0. The highest BCUT2D eigenvalue weighted by molar-refractivity contribution is 7.99. The Hall–Kier alpha value is -2.09. The maximum atomic E-state index is 12.0. The number of carbonyl (C=O) groups is 1. The van der Waals surface area contributed by atoms with E-state index in [4.69, 9.17) is 23.2 Å². The number of carbonyl (C=O) groups excluding carboxylic acids is 1. The van der Waals surface area contributed by atoms with E-state index in [1.807, 2.05) is 24.3 Å². The zero-order valence-corrected chi connectivity index (χ0v) is 15.2. The monoisotopic (exact) mass is 393 g/mol. The van der Waals surface area contributed by atoms with Gasteiger partial charge >= 0.3 is 0 Å². The van der Waals surface area contributed by atoms with Crippen LogP contribution in [0.5, 0.6) is 0 Å². The zero-order valence-electron chi connectivity index (χ0n) is 12.9. The number of rotatable bonds is 6. The molecule has 0 aliphatic heterocycles. The Bertz CT molecular complexity index is 869. The summed E-state index contributed by atoms with van der Waals surface area (Å²) in [6.07, 6.45) is 0.309. The minimum absolute atomic E-state index is 0.119. The van der Waals surface area contributed by atoms with E-state index < -0.39 is 0 Å². The first kappa shape index (κ1) is 17.7. The normalized spacial score (nSPS) is 10.6. The van der Waals surface area contributed by atoms with Gasteiger partial charge in [0.1, 0.15) is 0 Å². The van der Waals surface area contributed by atoms with Crippen LogP contribution >= 0.6 is 35.0 Å². The van der Waals surface area contributed by atoms with Crippen LogP contribution in [0.3, 0.4) is 0 Å². The number of halogens is 2. The van der Waals surface area contributed by atoms with Gasteiger partial charge in [-0.25, -0.2) is 0 Å². The van der Waals surface area contributed by atoms with Crippen molar-refractivity contribution in [1.29, 1.82) is 0 Å². The van der Waals surface area contributed by atoms with Crippen LogP contribution in [-0.2, 0) is 4.79 Å². The van der Waals surface area contributed by atoms with Gasteiger partial charge in [0, 0.05) is 17.2 Å². The van der Waals surface area contributed by atoms with Gasteiger partial charge in [0.05, 0.1) is 16.4 Å². The first-order valence-electron chi connectivity index (χ1n) is 7.35. The van der Waals surface area contributed by atoms with E-state index in [-0.39, 0.29) is 5.91 Å². The molecule has 3 aromatic rings.